The van der Waals surface area contributed by atoms with Gasteiger partial charge in [0.1, 0.15) is 0 Å². The molecule has 0 saturated heterocycles. The van der Waals surface area contributed by atoms with Crippen LogP contribution in [0.3, 0.4) is 0 Å². The van der Waals surface area contributed by atoms with E-state index in [1.54, 1.807) is 6.20 Å². The van der Waals surface area contributed by atoms with Crippen LogP contribution < -0.4 is 11.3 Å². The molecule has 3 N–H and O–H groups in total. The predicted molar refractivity (Wildman–Crippen MR) is 86.7 cm³/mol. The van der Waals surface area contributed by atoms with E-state index in [0.29, 0.717) is 6.61 Å². The highest BCUT2D eigenvalue weighted by Gasteiger charge is 2.34. The normalized spacial score (nSPS) is 15.1. The van der Waals surface area contributed by atoms with Crippen molar-refractivity contribution in [2.24, 2.45) is 11.3 Å². The van der Waals surface area contributed by atoms with Gasteiger partial charge < -0.3 is 4.74 Å². The second kappa shape index (κ2) is 6.52. The van der Waals surface area contributed by atoms with Gasteiger partial charge in [0.2, 0.25) is 0 Å². The van der Waals surface area contributed by atoms with Crippen molar-refractivity contribution in [3.8, 4) is 0 Å². The largest absolute Gasteiger partial charge is 0.376 e. The van der Waals surface area contributed by atoms with Gasteiger partial charge in [-0.15, -0.1) is 0 Å². The van der Waals surface area contributed by atoms with E-state index in [4.69, 9.17) is 10.6 Å². The van der Waals surface area contributed by atoms with E-state index >= 15 is 0 Å². The van der Waals surface area contributed by atoms with Gasteiger partial charge in [-0.25, -0.2) is 0 Å². The van der Waals surface area contributed by atoms with Crippen molar-refractivity contribution in [2.45, 2.75) is 39.8 Å². The number of benzene rings is 1. The molecule has 4 heteroatoms. The summed E-state index contributed by atoms with van der Waals surface area (Å²) in [5.41, 5.74) is 4.04. The van der Waals surface area contributed by atoms with Gasteiger partial charge in [0, 0.05) is 24.4 Å². The number of fused-ring (bicyclic) bond motifs is 1. The molecule has 0 spiro atoms. The predicted octanol–water partition coefficient (Wildman–Crippen LogP) is 3.19. The Kier molecular flexibility index (Phi) is 4.93. The van der Waals surface area contributed by atoms with E-state index in [0.717, 1.165) is 16.3 Å². The fraction of sp³-hybridized carbons (Fsp3) is 0.471. The molecular weight excluding hydrogens is 262 g/mol. The molecule has 2 aromatic rings. The van der Waals surface area contributed by atoms with Gasteiger partial charge in [0.05, 0.1) is 12.1 Å². The molecule has 114 valence electrons. The Morgan fingerprint density at radius 2 is 2.05 bits per heavy atom. The number of nitrogens with zero attached hydrogens (tertiary/aromatic N) is 1. The topological polar surface area (TPSA) is 60.2 Å². The van der Waals surface area contributed by atoms with E-state index in [-0.39, 0.29) is 17.6 Å². The van der Waals surface area contributed by atoms with Crippen LogP contribution in [0.2, 0.25) is 0 Å². The van der Waals surface area contributed by atoms with Crippen LogP contribution in [0.15, 0.2) is 36.7 Å². The van der Waals surface area contributed by atoms with Crippen LogP contribution in [-0.4, -0.2) is 17.7 Å². The highest BCUT2D eigenvalue weighted by molar-refractivity contribution is 5.85. The lowest BCUT2D eigenvalue weighted by Gasteiger charge is -2.37. The van der Waals surface area contributed by atoms with E-state index in [2.05, 4.69) is 43.3 Å². The molecule has 0 saturated carbocycles. The van der Waals surface area contributed by atoms with Gasteiger partial charge in [-0.05, 0) is 29.4 Å². The molecule has 2 atom stereocenters. The lowest BCUT2D eigenvalue weighted by Crippen LogP contribution is -2.44. The summed E-state index contributed by atoms with van der Waals surface area (Å²) < 4.78 is 6.00. The fourth-order valence-corrected chi connectivity index (χ4v) is 2.77. The van der Waals surface area contributed by atoms with Crippen molar-refractivity contribution in [1.29, 1.82) is 0 Å². The summed E-state index contributed by atoms with van der Waals surface area (Å²) in [6.45, 7) is 9.17. The fourth-order valence-electron chi connectivity index (χ4n) is 2.77. The Morgan fingerprint density at radius 1 is 1.29 bits per heavy atom. The van der Waals surface area contributed by atoms with E-state index in [9.17, 15) is 0 Å². The molecule has 0 radical (unpaired) electrons. The molecule has 0 aliphatic heterocycles. The molecule has 2 unspecified atom stereocenters. The summed E-state index contributed by atoms with van der Waals surface area (Å²) in [6.07, 6.45) is 3.67. The number of rotatable bonds is 5. The minimum absolute atomic E-state index is 0.0293. The number of nitrogens with one attached hydrogen (secondary N) is 1. The minimum Gasteiger partial charge on any atom is -0.376 e. The zero-order valence-corrected chi connectivity index (χ0v) is 13.3. The lowest BCUT2D eigenvalue weighted by atomic mass is 9.81. The van der Waals surface area contributed by atoms with E-state index in [1.165, 1.54) is 0 Å². The van der Waals surface area contributed by atoms with Gasteiger partial charge in [-0.3, -0.25) is 16.3 Å². The Balaban J connectivity index is 2.52. The maximum Gasteiger partial charge on any atom is 0.0830 e. The zero-order valence-electron chi connectivity index (χ0n) is 13.3. The number of hydrogen-bond acceptors (Lipinski definition) is 4. The standard InChI is InChI=1S/C17H25N3O/c1-5-21-16(17(2,3)4)15(20-18)13-8-6-7-12-9-10-19-11-14(12)13/h6-11,15-16,20H,5,18H2,1-4H3. The first-order valence-electron chi connectivity index (χ1n) is 7.39. The average Bonchev–Trinajstić information content (AvgIpc) is 2.46. The number of pyridine rings is 1. The van der Waals surface area contributed by atoms with Gasteiger partial charge in [-0.1, -0.05) is 39.0 Å². The second-order valence-electron chi connectivity index (χ2n) is 6.33. The molecule has 0 aliphatic rings. The molecule has 1 heterocycles. The minimum atomic E-state index is -0.0853. The van der Waals surface area contributed by atoms with Gasteiger partial charge >= 0.3 is 0 Å². The van der Waals surface area contributed by atoms with Crippen molar-refractivity contribution in [1.82, 2.24) is 10.4 Å². The number of hydrazine groups is 1. The summed E-state index contributed by atoms with van der Waals surface area (Å²) in [5, 5.41) is 2.27. The highest BCUT2D eigenvalue weighted by atomic mass is 16.5. The third kappa shape index (κ3) is 3.40. The number of nitrogens with two attached hydrogens (primary N) is 1. The van der Waals surface area contributed by atoms with Crippen LogP contribution >= 0.6 is 0 Å². The van der Waals surface area contributed by atoms with E-state index in [1.807, 2.05) is 25.3 Å². The van der Waals surface area contributed by atoms with Crippen molar-refractivity contribution >= 4 is 10.8 Å². The maximum atomic E-state index is 6.00. The van der Waals surface area contributed by atoms with Gasteiger partial charge in [-0.2, -0.15) is 0 Å². The molecule has 0 bridgehead atoms. The Hall–Kier alpha value is -1.49. The lowest BCUT2D eigenvalue weighted by molar-refractivity contribution is -0.0363. The molecular formula is C17H25N3O. The van der Waals surface area contributed by atoms with Crippen LogP contribution in [0.25, 0.3) is 10.8 Å². The second-order valence-corrected chi connectivity index (χ2v) is 6.33. The summed E-state index contributed by atoms with van der Waals surface area (Å²) in [7, 11) is 0. The molecule has 0 amide bonds. The maximum absolute atomic E-state index is 6.00. The SMILES string of the molecule is CCOC(C(NN)c1cccc2ccncc12)C(C)(C)C. The monoisotopic (exact) mass is 287 g/mol. The number of hydrogen-bond donors (Lipinski definition) is 2. The Labute approximate surface area is 126 Å². The summed E-state index contributed by atoms with van der Waals surface area (Å²) in [4.78, 5) is 4.25. The smallest absolute Gasteiger partial charge is 0.0830 e. The number of aromatic nitrogens is 1. The van der Waals surface area contributed by atoms with Crippen molar-refractivity contribution in [2.75, 3.05) is 6.61 Å². The van der Waals surface area contributed by atoms with Gasteiger partial charge in [0.25, 0.3) is 0 Å². The van der Waals surface area contributed by atoms with Crippen molar-refractivity contribution < 1.29 is 4.74 Å². The molecule has 1 aromatic heterocycles. The Bertz CT molecular complexity index is 587. The van der Waals surface area contributed by atoms with Crippen LogP contribution in [0.1, 0.15) is 39.3 Å². The molecule has 4 nitrogen and oxygen atoms in total. The third-order valence-corrected chi connectivity index (χ3v) is 3.73. The van der Waals surface area contributed by atoms with Crippen LogP contribution in [0, 0.1) is 5.41 Å². The molecule has 2 rings (SSSR count). The quantitative estimate of drug-likeness (QED) is 0.655. The van der Waals surface area contributed by atoms with E-state index < -0.39 is 0 Å². The summed E-state index contributed by atoms with van der Waals surface area (Å²) in [6, 6.07) is 8.15. The molecule has 1 aromatic carbocycles. The van der Waals surface area contributed by atoms with Crippen LogP contribution in [0.4, 0.5) is 0 Å². The van der Waals surface area contributed by atoms with Crippen molar-refractivity contribution in [3.63, 3.8) is 0 Å². The van der Waals surface area contributed by atoms with Crippen molar-refractivity contribution in [3.05, 3.63) is 42.2 Å². The summed E-state index contributed by atoms with van der Waals surface area (Å²) >= 11 is 0. The van der Waals surface area contributed by atoms with Crippen LogP contribution in [-0.2, 0) is 4.74 Å². The first-order valence-corrected chi connectivity index (χ1v) is 7.39. The molecule has 21 heavy (non-hydrogen) atoms. The third-order valence-electron chi connectivity index (χ3n) is 3.73. The first kappa shape index (κ1) is 15.9. The highest BCUT2D eigenvalue weighted by Crippen LogP contribution is 2.35. The summed E-state index contributed by atoms with van der Waals surface area (Å²) in [5.74, 6) is 5.87. The van der Waals surface area contributed by atoms with Gasteiger partial charge in [0.15, 0.2) is 0 Å². The Morgan fingerprint density at radius 3 is 2.67 bits per heavy atom. The number of ether oxygens (including phenoxy) is 1. The van der Waals surface area contributed by atoms with Crippen LogP contribution in [0.5, 0.6) is 0 Å². The molecule has 0 aliphatic carbocycles. The zero-order chi connectivity index (χ0) is 15.5. The average molecular weight is 287 g/mol. The molecule has 0 fully saturated rings. The first-order chi connectivity index (χ1) is 9.99.